The minimum atomic E-state index is 0.00213. The van der Waals surface area contributed by atoms with Crippen molar-refractivity contribution in [2.24, 2.45) is 0 Å². The van der Waals surface area contributed by atoms with Crippen molar-refractivity contribution in [3.8, 4) is 0 Å². The Hall–Kier alpha value is -2.16. The number of nitrogens with one attached hydrogen (secondary N) is 1. The third-order valence-corrected chi connectivity index (χ3v) is 2.63. The monoisotopic (exact) mass is 240 g/mol. The summed E-state index contributed by atoms with van der Waals surface area (Å²) >= 11 is 0. The Kier molecular flexibility index (Phi) is 4.07. The largest absolute Gasteiger partial charge is 0.369 e. The van der Waals surface area contributed by atoms with Gasteiger partial charge in [-0.05, 0) is 18.6 Å². The fourth-order valence-electron chi connectivity index (χ4n) is 1.72. The summed E-state index contributed by atoms with van der Waals surface area (Å²) in [6.07, 6.45) is 2.69. The summed E-state index contributed by atoms with van der Waals surface area (Å²) < 4.78 is 0. The van der Waals surface area contributed by atoms with E-state index < -0.39 is 0 Å². The molecule has 0 radical (unpaired) electrons. The molecule has 3 heteroatoms. The van der Waals surface area contributed by atoms with Crippen LogP contribution in [0.25, 0.3) is 0 Å². The number of nitrogens with zero attached hydrogens (tertiary/aromatic N) is 1. The first kappa shape index (κ1) is 12.3. The number of hydrogen-bond acceptors (Lipinski definition) is 3. The summed E-state index contributed by atoms with van der Waals surface area (Å²) in [5, 5.41) is 3.18. The normalized spacial score (nSPS) is 10.1. The van der Waals surface area contributed by atoms with Crippen LogP contribution in [0.3, 0.4) is 0 Å². The predicted octanol–water partition coefficient (Wildman–Crippen LogP) is 3.13. The molecule has 0 saturated carbocycles. The SMILES string of the molecule is CCCNc1ncccc1C(=O)c1ccccc1. The van der Waals surface area contributed by atoms with Crippen molar-refractivity contribution in [1.82, 2.24) is 4.98 Å². The van der Waals surface area contributed by atoms with Gasteiger partial charge in [-0.1, -0.05) is 37.3 Å². The predicted molar refractivity (Wildman–Crippen MR) is 72.9 cm³/mol. The van der Waals surface area contributed by atoms with Crippen LogP contribution < -0.4 is 5.32 Å². The van der Waals surface area contributed by atoms with Gasteiger partial charge in [0.05, 0.1) is 5.56 Å². The molecule has 0 aliphatic heterocycles. The van der Waals surface area contributed by atoms with Crippen LogP contribution in [0.4, 0.5) is 5.82 Å². The Labute approximate surface area is 107 Å². The van der Waals surface area contributed by atoms with Crippen LogP contribution in [-0.4, -0.2) is 17.3 Å². The number of anilines is 1. The molecule has 0 unspecified atom stereocenters. The third kappa shape index (κ3) is 2.74. The molecule has 1 aromatic heterocycles. The number of carbonyl (C=O) groups is 1. The Bertz CT molecular complexity index is 523. The lowest BCUT2D eigenvalue weighted by Gasteiger charge is -2.09. The highest BCUT2D eigenvalue weighted by Gasteiger charge is 2.13. The molecule has 0 aliphatic rings. The molecule has 0 saturated heterocycles. The number of benzene rings is 1. The highest BCUT2D eigenvalue weighted by molar-refractivity contribution is 6.11. The summed E-state index contributed by atoms with van der Waals surface area (Å²) in [7, 11) is 0. The molecule has 0 atom stereocenters. The molecular formula is C15H16N2O. The summed E-state index contributed by atoms with van der Waals surface area (Å²) in [6, 6.07) is 12.9. The number of pyridine rings is 1. The average Bonchev–Trinajstić information content (AvgIpc) is 2.45. The molecule has 18 heavy (non-hydrogen) atoms. The lowest BCUT2D eigenvalue weighted by Crippen LogP contribution is -2.10. The Balaban J connectivity index is 2.30. The zero-order valence-electron chi connectivity index (χ0n) is 10.4. The zero-order valence-corrected chi connectivity index (χ0v) is 10.4. The third-order valence-electron chi connectivity index (χ3n) is 2.63. The van der Waals surface area contributed by atoms with Gasteiger partial charge in [0.15, 0.2) is 5.78 Å². The van der Waals surface area contributed by atoms with Crippen LogP contribution in [0.1, 0.15) is 29.3 Å². The number of rotatable bonds is 5. The summed E-state index contributed by atoms with van der Waals surface area (Å²) in [4.78, 5) is 16.6. The summed E-state index contributed by atoms with van der Waals surface area (Å²) in [6.45, 7) is 2.89. The molecule has 1 N–H and O–H groups in total. The fourth-order valence-corrected chi connectivity index (χ4v) is 1.72. The lowest BCUT2D eigenvalue weighted by molar-refractivity contribution is 0.103. The van der Waals surface area contributed by atoms with Crippen molar-refractivity contribution in [2.75, 3.05) is 11.9 Å². The topological polar surface area (TPSA) is 42.0 Å². The Morgan fingerprint density at radius 1 is 1.17 bits per heavy atom. The smallest absolute Gasteiger partial charge is 0.196 e. The van der Waals surface area contributed by atoms with E-state index in [0.717, 1.165) is 13.0 Å². The van der Waals surface area contributed by atoms with Crippen molar-refractivity contribution in [1.29, 1.82) is 0 Å². The van der Waals surface area contributed by atoms with E-state index in [-0.39, 0.29) is 5.78 Å². The van der Waals surface area contributed by atoms with Crippen LogP contribution in [0.2, 0.25) is 0 Å². The van der Waals surface area contributed by atoms with E-state index in [1.54, 1.807) is 18.3 Å². The number of carbonyl (C=O) groups excluding carboxylic acids is 1. The average molecular weight is 240 g/mol. The van der Waals surface area contributed by atoms with E-state index in [1.165, 1.54) is 0 Å². The van der Waals surface area contributed by atoms with Crippen molar-refractivity contribution in [2.45, 2.75) is 13.3 Å². The number of hydrogen-bond donors (Lipinski definition) is 1. The molecule has 0 bridgehead atoms. The summed E-state index contributed by atoms with van der Waals surface area (Å²) in [5.41, 5.74) is 1.31. The molecule has 1 heterocycles. The van der Waals surface area contributed by atoms with E-state index in [1.807, 2.05) is 30.3 Å². The summed E-state index contributed by atoms with van der Waals surface area (Å²) in [5.74, 6) is 0.663. The highest BCUT2D eigenvalue weighted by atomic mass is 16.1. The van der Waals surface area contributed by atoms with Crippen molar-refractivity contribution in [3.63, 3.8) is 0 Å². The molecule has 1 aromatic carbocycles. The van der Waals surface area contributed by atoms with Gasteiger partial charge < -0.3 is 5.32 Å². The lowest BCUT2D eigenvalue weighted by atomic mass is 10.0. The van der Waals surface area contributed by atoms with Crippen LogP contribution in [0.5, 0.6) is 0 Å². The van der Waals surface area contributed by atoms with Gasteiger partial charge >= 0.3 is 0 Å². The van der Waals surface area contributed by atoms with E-state index >= 15 is 0 Å². The molecule has 92 valence electrons. The minimum Gasteiger partial charge on any atom is -0.369 e. The van der Waals surface area contributed by atoms with Gasteiger partial charge in [0.1, 0.15) is 5.82 Å². The van der Waals surface area contributed by atoms with Gasteiger partial charge in [0.25, 0.3) is 0 Å². The van der Waals surface area contributed by atoms with E-state index in [9.17, 15) is 4.79 Å². The maximum atomic E-state index is 12.4. The molecule has 0 fully saturated rings. The van der Waals surface area contributed by atoms with Gasteiger partial charge in [0.2, 0.25) is 0 Å². The van der Waals surface area contributed by atoms with E-state index in [2.05, 4.69) is 17.2 Å². The molecule has 0 aliphatic carbocycles. The van der Waals surface area contributed by atoms with Gasteiger partial charge in [-0.25, -0.2) is 4.98 Å². The zero-order chi connectivity index (χ0) is 12.8. The number of ketones is 1. The van der Waals surface area contributed by atoms with Crippen LogP contribution in [-0.2, 0) is 0 Å². The minimum absolute atomic E-state index is 0.00213. The van der Waals surface area contributed by atoms with E-state index in [0.29, 0.717) is 16.9 Å². The first-order valence-corrected chi connectivity index (χ1v) is 6.11. The van der Waals surface area contributed by atoms with Crippen molar-refractivity contribution >= 4 is 11.6 Å². The van der Waals surface area contributed by atoms with Crippen molar-refractivity contribution < 1.29 is 4.79 Å². The standard InChI is InChI=1S/C15H16N2O/c1-2-10-16-15-13(9-6-11-17-15)14(18)12-7-4-3-5-8-12/h3-9,11H,2,10H2,1H3,(H,16,17). The second-order valence-electron chi connectivity index (χ2n) is 4.02. The van der Waals surface area contributed by atoms with E-state index in [4.69, 9.17) is 0 Å². The van der Waals surface area contributed by atoms with Crippen LogP contribution in [0, 0.1) is 0 Å². The molecule has 0 amide bonds. The molecule has 3 nitrogen and oxygen atoms in total. The van der Waals surface area contributed by atoms with Crippen LogP contribution in [0.15, 0.2) is 48.7 Å². The molecule has 0 spiro atoms. The Morgan fingerprint density at radius 2 is 1.94 bits per heavy atom. The number of aromatic nitrogens is 1. The van der Waals surface area contributed by atoms with Crippen LogP contribution >= 0.6 is 0 Å². The second-order valence-corrected chi connectivity index (χ2v) is 4.02. The first-order valence-electron chi connectivity index (χ1n) is 6.11. The van der Waals surface area contributed by atoms with Gasteiger partial charge in [0, 0.05) is 18.3 Å². The van der Waals surface area contributed by atoms with Gasteiger partial charge in [-0.3, -0.25) is 4.79 Å². The quantitative estimate of drug-likeness (QED) is 0.816. The molecule has 2 aromatic rings. The van der Waals surface area contributed by atoms with Gasteiger partial charge in [-0.15, -0.1) is 0 Å². The first-order chi connectivity index (χ1) is 8.83. The maximum absolute atomic E-state index is 12.4. The maximum Gasteiger partial charge on any atom is 0.196 e. The van der Waals surface area contributed by atoms with Crippen molar-refractivity contribution in [3.05, 3.63) is 59.8 Å². The Morgan fingerprint density at radius 3 is 2.67 bits per heavy atom. The molecular weight excluding hydrogens is 224 g/mol. The van der Waals surface area contributed by atoms with Gasteiger partial charge in [-0.2, -0.15) is 0 Å². The molecule has 2 rings (SSSR count). The fraction of sp³-hybridized carbons (Fsp3) is 0.200. The second kappa shape index (κ2) is 5.96. The highest BCUT2D eigenvalue weighted by Crippen LogP contribution is 2.16.